The highest BCUT2D eigenvalue weighted by molar-refractivity contribution is 5.87. The highest BCUT2D eigenvalue weighted by Gasteiger charge is 2.24. The molecule has 120 valence electrons. The van der Waals surface area contributed by atoms with E-state index in [-0.39, 0.29) is 18.8 Å². The minimum atomic E-state index is -1.19. The summed E-state index contributed by atoms with van der Waals surface area (Å²) < 4.78 is 8.99. The third kappa shape index (κ3) is 8.09. The molecule has 0 rings (SSSR count). The van der Waals surface area contributed by atoms with E-state index in [9.17, 15) is 19.5 Å². The molecule has 0 aromatic heterocycles. The van der Waals surface area contributed by atoms with Gasteiger partial charge >= 0.3 is 11.9 Å². The van der Waals surface area contributed by atoms with Gasteiger partial charge in [-0.2, -0.15) is 0 Å². The highest BCUT2D eigenvalue weighted by Crippen LogP contribution is 2.06. The second kappa shape index (κ2) is 9.93. The van der Waals surface area contributed by atoms with Gasteiger partial charge in [-0.1, -0.05) is 19.9 Å². The Labute approximate surface area is 124 Å². The molecule has 0 aliphatic rings. The van der Waals surface area contributed by atoms with Gasteiger partial charge in [0.05, 0.1) is 14.2 Å². The van der Waals surface area contributed by atoms with Gasteiger partial charge in [-0.05, 0) is 18.8 Å². The molecule has 0 fully saturated rings. The summed E-state index contributed by atoms with van der Waals surface area (Å²) in [6, 6.07) is -0.967. The molecule has 7 nitrogen and oxygen atoms in total. The Bertz CT molecular complexity index is 391. The van der Waals surface area contributed by atoms with Crippen LogP contribution in [0.5, 0.6) is 0 Å². The normalized spacial score (nSPS) is 13.8. The van der Waals surface area contributed by atoms with Crippen LogP contribution < -0.4 is 5.32 Å². The summed E-state index contributed by atoms with van der Waals surface area (Å²) in [4.78, 5) is 34.3. The number of carbonyl (C=O) groups excluding carboxylic acids is 3. The van der Waals surface area contributed by atoms with Gasteiger partial charge in [0.2, 0.25) is 5.91 Å². The van der Waals surface area contributed by atoms with Crippen molar-refractivity contribution < 1.29 is 29.0 Å². The maximum absolute atomic E-state index is 11.8. The predicted molar refractivity (Wildman–Crippen MR) is 75.2 cm³/mol. The van der Waals surface area contributed by atoms with E-state index in [1.807, 2.05) is 13.8 Å². The monoisotopic (exact) mass is 301 g/mol. The molecule has 0 aromatic rings. The maximum atomic E-state index is 11.8. The van der Waals surface area contributed by atoms with Crippen LogP contribution in [0.3, 0.4) is 0 Å². The summed E-state index contributed by atoms with van der Waals surface area (Å²) in [5.74, 6) is -1.73. The number of ether oxygens (including phenoxy) is 2. The molecule has 0 heterocycles. The van der Waals surface area contributed by atoms with Crippen LogP contribution in [-0.2, 0) is 23.9 Å². The number of esters is 2. The summed E-state index contributed by atoms with van der Waals surface area (Å²) in [5, 5.41) is 12.1. The van der Waals surface area contributed by atoms with E-state index in [0.29, 0.717) is 0 Å². The lowest BCUT2D eigenvalue weighted by atomic mass is 10.0. The number of aliphatic hydroxyl groups is 1. The molecule has 0 aliphatic heterocycles. The molecule has 0 bridgehead atoms. The van der Waals surface area contributed by atoms with E-state index < -0.39 is 30.0 Å². The number of hydrogen-bond acceptors (Lipinski definition) is 6. The Morgan fingerprint density at radius 3 is 2.29 bits per heavy atom. The molecule has 2 atom stereocenters. The Morgan fingerprint density at radius 1 is 1.19 bits per heavy atom. The zero-order valence-corrected chi connectivity index (χ0v) is 12.8. The molecule has 0 saturated heterocycles. The lowest BCUT2D eigenvalue weighted by molar-refractivity contribution is -0.146. The van der Waals surface area contributed by atoms with Crippen LogP contribution in [0.2, 0.25) is 0 Å². The minimum absolute atomic E-state index is 0.0575. The largest absolute Gasteiger partial charge is 0.467 e. The molecule has 2 N–H and O–H groups in total. The lowest BCUT2D eigenvalue weighted by Gasteiger charge is -2.18. The van der Waals surface area contributed by atoms with Crippen LogP contribution in [-0.4, -0.2) is 49.3 Å². The fourth-order valence-electron chi connectivity index (χ4n) is 1.55. The van der Waals surface area contributed by atoms with E-state index in [4.69, 9.17) is 0 Å². The van der Waals surface area contributed by atoms with Crippen molar-refractivity contribution in [3.05, 3.63) is 12.2 Å². The van der Waals surface area contributed by atoms with Crippen molar-refractivity contribution in [2.75, 3.05) is 14.2 Å². The molecule has 0 saturated carbocycles. The van der Waals surface area contributed by atoms with Crippen molar-refractivity contribution in [3.8, 4) is 0 Å². The fourth-order valence-corrected chi connectivity index (χ4v) is 1.55. The van der Waals surface area contributed by atoms with Crippen molar-refractivity contribution >= 4 is 17.8 Å². The topological polar surface area (TPSA) is 102 Å². The molecule has 0 radical (unpaired) electrons. The number of hydrogen-bond donors (Lipinski definition) is 2. The van der Waals surface area contributed by atoms with E-state index in [1.165, 1.54) is 20.3 Å². The van der Waals surface area contributed by atoms with Crippen molar-refractivity contribution in [3.63, 3.8) is 0 Å². The van der Waals surface area contributed by atoms with Crippen LogP contribution in [0.4, 0.5) is 0 Å². The Balaban J connectivity index is 4.63. The first-order chi connectivity index (χ1) is 9.81. The van der Waals surface area contributed by atoms with Gasteiger partial charge in [-0.3, -0.25) is 4.79 Å². The minimum Gasteiger partial charge on any atom is -0.467 e. The number of aliphatic hydroxyl groups excluding tert-OH is 1. The number of methoxy groups -OCH3 is 2. The second-order valence-corrected chi connectivity index (χ2v) is 4.89. The second-order valence-electron chi connectivity index (χ2n) is 4.89. The summed E-state index contributed by atoms with van der Waals surface area (Å²) in [7, 11) is 2.42. The van der Waals surface area contributed by atoms with Gasteiger partial charge in [-0.15, -0.1) is 0 Å². The Hall–Kier alpha value is -1.89. The van der Waals surface area contributed by atoms with Crippen LogP contribution in [0.1, 0.15) is 26.7 Å². The van der Waals surface area contributed by atoms with Crippen LogP contribution in [0.15, 0.2) is 12.2 Å². The van der Waals surface area contributed by atoms with Crippen molar-refractivity contribution in [2.45, 2.75) is 38.8 Å². The van der Waals surface area contributed by atoms with Crippen molar-refractivity contribution in [2.24, 2.45) is 5.92 Å². The number of nitrogens with one attached hydrogen (secondary N) is 1. The van der Waals surface area contributed by atoms with Gasteiger partial charge < -0.3 is 19.9 Å². The van der Waals surface area contributed by atoms with Crippen LogP contribution in [0, 0.1) is 5.92 Å². The first kappa shape index (κ1) is 19.1. The first-order valence-corrected chi connectivity index (χ1v) is 6.62. The van der Waals surface area contributed by atoms with Gasteiger partial charge in [0.1, 0.15) is 12.1 Å². The van der Waals surface area contributed by atoms with Gasteiger partial charge in [0.15, 0.2) is 0 Å². The van der Waals surface area contributed by atoms with Crippen molar-refractivity contribution in [1.82, 2.24) is 5.32 Å². The average Bonchev–Trinajstić information content (AvgIpc) is 2.43. The van der Waals surface area contributed by atoms with E-state index >= 15 is 0 Å². The number of carbonyl (C=O) groups is 3. The number of amides is 1. The lowest BCUT2D eigenvalue weighted by Crippen LogP contribution is -2.46. The summed E-state index contributed by atoms with van der Waals surface area (Å²) in [6.45, 7) is 3.74. The molecule has 0 aliphatic carbocycles. The molecule has 1 amide bonds. The Morgan fingerprint density at radius 2 is 1.81 bits per heavy atom. The summed E-state index contributed by atoms with van der Waals surface area (Å²) in [6.07, 6.45) is 1.69. The standard InChI is InChI=1S/C14H23NO6/c1-9(2)8-11(16)13(18)15-10(14(19)21-4)6-5-7-12(17)20-3/h5,7,9-11,16H,6,8H2,1-4H3,(H,15,18)/b7-5+/t10-,11+/m0/s1. The Kier molecular flexibility index (Phi) is 9.03. The summed E-state index contributed by atoms with van der Waals surface area (Å²) in [5.41, 5.74) is 0. The zero-order chi connectivity index (χ0) is 16.4. The number of rotatable bonds is 8. The molecule has 0 unspecified atom stereocenters. The molecule has 21 heavy (non-hydrogen) atoms. The SMILES string of the molecule is COC(=O)/C=C/C[C@H](NC(=O)[C@H](O)CC(C)C)C(=O)OC. The third-order valence-corrected chi connectivity index (χ3v) is 2.63. The zero-order valence-electron chi connectivity index (χ0n) is 12.8. The maximum Gasteiger partial charge on any atom is 0.330 e. The van der Waals surface area contributed by atoms with E-state index in [0.717, 1.165) is 6.08 Å². The smallest absolute Gasteiger partial charge is 0.330 e. The van der Waals surface area contributed by atoms with Gasteiger partial charge in [-0.25, -0.2) is 9.59 Å². The van der Waals surface area contributed by atoms with Crippen LogP contribution >= 0.6 is 0 Å². The third-order valence-electron chi connectivity index (χ3n) is 2.63. The van der Waals surface area contributed by atoms with E-state index in [1.54, 1.807) is 0 Å². The van der Waals surface area contributed by atoms with E-state index in [2.05, 4.69) is 14.8 Å². The fraction of sp³-hybridized carbons (Fsp3) is 0.643. The summed E-state index contributed by atoms with van der Waals surface area (Å²) >= 11 is 0. The molecule has 7 heteroatoms. The average molecular weight is 301 g/mol. The molecule has 0 aromatic carbocycles. The first-order valence-electron chi connectivity index (χ1n) is 6.62. The van der Waals surface area contributed by atoms with Crippen molar-refractivity contribution in [1.29, 1.82) is 0 Å². The highest BCUT2D eigenvalue weighted by atomic mass is 16.5. The molecule has 0 spiro atoms. The van der Waals surface area contributed by atoms with Crippen LogP contribution in [0.25, 0.3) is 0 Å². The quantitative estimate of drug-likeness (QED) is 0.489. The molecular weight excluding hydrogens is 278 g/mol. The van der Waals surface area contributed by atoms with Gasteiger partial charge in [0, 0.05) is 6.08 Å². The molecular formula is C14H23NO6. The van der Waals surface area contributed by atoms with Gasteiger partial charge in [0.25, 0.3) is 0 Å². The predicted octanol–water partition coefficient (Wildman–Crippen LogP) is 0.170.